The van der Waals surface area contributed by atoms with Crippen LogP contribution in [0.1, 0.15) is 37.0 Å². The van der Waals surface area contributed by atoms with Crippen molar-refractivity contribution in [2.45, 2.75) is 20.4 Å². The third-order valence-electron chi connectivity index (χ3n) is 5.27. The lowest BCUT2D eigenvalue weighted by molar-refractivity contribution is 0.0479. The third-order valence-corrected chi connectivity index (χ3v) is 7.28. The summed E-state index contributed by atoms with van der Waals surface area (Å²) in [7, 11) is 0. The van der Waals surface area contributed by atoms with E-state index in [-0.39, 0.29) is 15.7 Å². The Labute approximate surface area is 198 Å². The summed E-state index contributed by atoms with van der Waals surface area (Å²) in [4.78, 5) is 25.5. The summed E-state index contributed by atoms with van der Waals surface area (Å²) in [5, 5.41) is 1.42. The molecule has 32 heavy (non-hydrogen) atoms. The van der Waals surface area contributed by atoms with Crippen molar-refractivity contribution in [2.24, 2.45) is 0 Å². The van der Waals surface area contributed by atoms with Crippen molar-refractivity contribution in [2.75, 3.05) is 6.61 Å². The molecule has 0 fully saturated rings. The monoisotopic (exact) mass is 489 g/mol. The molecule has 0 radical (unpaired) electrons. The number of halogens is 3. The molecule has 8 heteroatoms. The number of ketones is 1. The number of carbonyl (C=O) groups excluding carboxylic acids is 2. The minimum atomic E-state index is -0.713. The maximum Gasteiger partial charge on any atom is 0.350 e. The standard InChI is InChI=1S/C24H18Cl2FNO3S/c1-13-9-18(14(2)28(13)11-15-5-3-4-6-19(15)25)20(29)12-31-24(30)23-22(26)17-8-7-16(27)10-21(17)32-23/h3-10H,11-12H2,1-2H3. The number of esters is 1. The van der Waals surface area contributed by atoms with Crippen LogP contribution in [0.4, 0.5) is 4.39 Å². The van der Waals surface area contributed by atoms with Crippen LogP contribution < -0.4 is 0 Å². The molecule has 0 aliphatic heterocycles. The molecule has 2 aromatic carbocycles. The fourth-order valence-corrected chi connectivity index (χ4v) is 5.19. The predicted molar refractivity (Wildman–Crippen MR) is 126 cm³/mol. The lowest BCUT2D eigenvalue weighted by Gasteiger charge is -2.11. The SMILES string of the molecule is Cc1cc(C(=O)COC(=O)c2sc3cc(F)ccc3c2Cl)c(C)n1Cc1ccccc1Cl. The second kappa shape index (κ2) is 9.06. The molecule has 4 nitrogen and oxygen atoms in total. The number of thiophene rings is 1. The Morgan fingerprint density at radius 1 is 1.09 bits per heavy atom. The number of rotatable bonds is 6. The Kier molecular flexibility index (Phi) is 6.38. The first-order valence-electron chi connectivity index (χ1n) is 9.74. The molecule has 0 aliphatic rings. The first-order valence-corrected chi connectivity index (χ1v) is 11.3. The first kappa shape index (κ1) is 22.5. The molecule has 0 aliphatic carbocycles. The van der Waals surface area contributed by atoms with Gasteiger partial charge in [-0.25, -0.2) is 9.18 Å². The van der Waals surface area contributed by atoms with Crippen LogP contribution in [-0.2, 0) is 11.3 Å². The molecule has 0 bridgehead atoms. The molecule has 0 saturated heterocycles. The molecule has 164 valence electrons. The minimum absolute atomic E-state index is 0.143. The van der Waals surface area contributed by atoms with Gasteiger partial charge in [0.2, 0.25) is 5.78 Å². The van der Waals surface area contributed by atoms with Gasteiger partial charge in [-0.2, -0.15) is 0 Å². The maximum atomic E-state index is 13.4. The maximum absolute atomic E-state index is 13.4. The second-order valence-corrected chi connectivity index (χ2v) is 9.18. The number of fused-ring (bicyclic) bond motifs is 1. The third kappa shape index (κ3) is 4.31. The van der Waals surface area contributed by atoms with Gasteiger partial charge in [-0.15, -0.1) is 11.3 Å². The van der Waals surface area contributed by atoms with Gasteiger partial charge >= 0.3 is 5.97 Å². The van der Waals surface area contributed by atoms with Crippen molar-refractivity contribution in [3.05, 3.63) is 91.8 Å². The van der Waals surface area contributed by atoms with Gasteiger partial charge < -0.3 is 9.30 Å². The molecule has 0 atom stereocenters. The van der Waals surface area contributed by atoms with Gasteiger partial charge in [-0.05, 0) is 49.7 Å². The smallest absolute Gasteiger partial charge is 0.350 e. The van der Waals surface area contributed by atoms with Crippen LogP contribution >= 0.6 is 34.5 Å². The largest absolute Gasteiger partial charge is 0.453 e. The van der Waals surface area contributed by atoms with Crippen molar-refractivity contribution in [1.29, 1.82) is 0 Å². The number of carbonyl (C=O) groups is 2. The lowest BCUT2D eigenvalue weighted by atomic mass is 10.1. The van der Waals surface area contributed by atoms with Crippen LogP contribution in [0.2, 0.25) is 10.0 Å². The summed E-state index contributed by atoms with van der Waals surface area (Å²) < 4.78 is 21.2. The van der Waals surface area contributed by atoms with Gasteiger partial charge in [0.1, 0.15) is 10.7 Å². The molecule has 0 amide bonds. The van der Waals surface area contributed by atoms with Crippen LogP contribution in [0.15, 0.2) is 48.5 Å². The Balaban J connectivity index is 1.49. The fraction of sp³-hybridized carbons (Fsp3) is 0.167. The second-order valence-electron chi connectivity index (χ2n) is 7.35. The molecule has 4 aromatic rings. The minimum Gasteiger partial charge on any atom is -0.453 e. The van der Waals surface area contributed by atoms with Crippen molar-refractivity contribution in [1.82, 2.24) is 4.57 Å². The summed E-state index contributed by atoms with van der Waals surface area (Å²) >= 11 is 13.6. The van der Waals surface area contributed by atoms with E-state index in [1.165, 1.54) is 18.2 Å². The zero-order valence-corrected chi connectivity index (χ0v) is 19.6. The molecule has 2 aromatic heterocycles. The van der Waals surface area contributed by atoms with Gasteiger partial charge in [0, 0.05) is 38.6 Å². The molecule has 2 heterocycles. The summed E-state index contributed by atoms with van der Waals surface area (Å²) in [6.45, 7) is 3.85. The number of nitrogens with zero attached hydrogens (tertiary/aromatic N) is 1. The van der Waals surface area contributed by atoms with Crippen LogP contribution in [0, 0.1) is 19.7 Å². The van der Waals surface area contributed by atoms with E-state index in [0.717, 1.165) is 28.3 Å². The summed E-state index contributed by atoms with van der Waals surface area (Å²) in [5.74, 6) is -1.45. The average molecular weight is 490 g/mol. The van der Waals surface area contributed by atoms with Crippen LogP contribution in [0.3, 0.4) is 0 Å². The van der Waals surface area contributed by atoms with E-state index in [0.29, 0.717) is 27.2 Å². The van der Waals surface area contributed by atoms with E-state index in [9.17, 15) is 14.0 Å². The first-order chi connectivity index (χ1) is 15.3. The summed E-state index contributed by atoms with van der Waals surface area (Å²) in [6.07, 6.45) is 0. The topological polar surface area (TPSA) is 48.3 Å². The zero-order valence-electron chi connectivity index (χ0n) is 17.2. The highest BCUT2D eigenvalue weighted by atomic mass is 35.5. The number of Topliss-reactive ketones (excluding diaryl/α,β-unsaturated/α-hetero) is 1. The van der Waals surface area contributed by atoms with Gasteiger partial charge in [0.25, 0.3) is 0 Å². The predicted octanol–water partition coefficient (Wildman–Crippen LogP) is 6.85. The molecule has 0 saturated carbocycles. The molecular weight excluding hydrogens is 472 g/mol. The number of hydrogen-bond donors (Lipinski definition) is 0. The van der Waals surface area contributed by atoms with Crippen molar-refractivity contribution < 1.29 is 18.7 Å². The van der Waals surface area contributed by atoms with E-state index in [1.54, 1.807) is 6.07 Å². The number of ether oxygens (including phenoxy) is 1. The van der Waals surface area contributed by atoms with E-state index < -0.39 is 18.4 Å². The Morgan fingerprint density at radius 3 is 2.59 bits per heavy atom. The van der Waals surface area contributed by atoms with Crippen LogP contribution in [-0.4, -0.2) is 22.9 Å². The molecule has 0 unspecified atom stereocenters. The Bertz CT molecular complexity index is 1360. The van der Waals surface area contributed by atoms with E-state index >= 15 is 0 Å². The highest BCUT2D eigenvalue weighted by Gasteiger charge is 2.22. The number of aromatic nitrogens is 1. The number of hydrogen-bond acceptors (Lipinski definition) is 4. The van der Waals surface area contributed by atoms with Gasteiger partial charge in [0.05, 0.1) is 5.02 Å². The van der Waals surface area contributed by atoms with Crippen molar-refractivity contribution in [3.8, 4) is 0 Å². The number of aryl methyl sites for hydroxylation is 1. The van der Waals surface area contributed by atoms with Crippen LogP contribution in [0.25, 0.3) is 10.1 Å². The highest BCUT2D eigenvalue weighted by molar-refractivity contribution is 7.21. The molecule has 0 spiro atoms. The van der Waals surface area contributed by atoms with Gasteiger partial charge in [0.15, 0.2) is 6.61 Å². The zero-order chi connectivity index (χ0) is 23.0. The van der Waals surface area contributed by atoms with Crippen molar-refractivity contribution >= 4 is 56.4 Å². The van der Waals surface area contributed by atoms with Crippen molar-refractivity contribution in [3.63, 3.8) is 0 Å². The number of benzene rings is 2. The quantitative estimate of drug-likeness (QED) is 0.219. The molecule has 0 N–H and O–H groups in total. The van der Waals surface area contributed by atoms with E-state index in [2.05, 4.69) is 0 Å². The van der Waals surface area contributed by atoms with Gasteiger partial charge in [-0.3, -0.25) is 4.79 Å². The van der Waals surface area contributed by atoms with Crippen LogP contribution in [0.5, 0.6) is 0 Å². The van der Waals surface area contributed by atoms with E-state index in [1.807, 2.05) is 42.7 Å². The summed E-state index contributed by atoms with van der Waals surface area (Å²) in [5.41, 5.74) is 3.08. The average Bonchev–Trinajstić information content (AvgIpc) is 3.24. The van der Waals surface area contributed by atoms with E-state index in [4.69, 9.17) is 27.9 Å². The fourth-order valence-electron chi connectivity index (χ4n) is 3.57. The van der Waals surface area contributed by atoms with Gasteiger partial charge in [-0.1, -0.05) is 41.4 Å². The Morgan fingerprint density at radius 2 is 1.84 bits per heavy atom. The molecular formula is C24H18Cl2FNO3S. The highest BCUT2D eigenvalue weighted by Crippen LogP contribution is 2.36. The normalized spacial score (nSPS) is 11.2. The lowest BCUT2D eigenvalue weighted by Crippen LogP contribution is -2.15. The summed E-state index contributed by atoms with van der Waals surface area (Å²) in [6, 6.07) is 13.4. The molecule has 4 rings (SSSR count). The Hall–Kier alpha value is -2.67.